The molecule has 0 saturated heterocycles. The Morgan fingerprint density at radius 2 is 2.00 bits per heavy atom. The van der Waals surface area contributed by atoms with Crippen molar-refractivity contribution in [1.82, 2.24) is 10.3 Å². The van der Waals surface area contributed by atoms with Crippen molar-refractivity contribution >= 4 is 29.7 Å². The number of aromatic nitrogens is 1. The van der Waals surface area contributed by atoms with Gasteiger partial charge in [0, 0.05) is 18.2 Å². The van der Waals surface area contributed by atoms with Gasteiger partial charge in [-0.1, -0.05) is 19.2 Å². The highest BCUT2D eigenvalue weighted by Gasteiger charge is 2.17. The first kappa shape index (κ1) is 19.5. The topological polar surface area (TPSA) is 149 Å². The minimum Gasteiger partial charge on any atom is -0.346 e. The number of nitrogens with one attached hydrogen (secondary N) is 2. The second kappa shape index (κ2) is 9.56. The number of carbonyl (C=O) groups excluding carboxylic acids is 2. The Morgan fingerprint density at radius 1 is 1.29 bits per heavy atom. The Hall–Kier alpha value is -2.55. The van der Waals surface area contributed by atoms with E-state index in [0.717, 1.165) is 5.56 Å². The van der Waals surface area contributed by atoms with Crippen LogP contribution >= 0.6 is 0 Å². The summed E-state index contributed by atoms with van der Waals surface area (Å²) in [5, 5.41) is 5.08. The summed E-state index contributed by atoms with van der Waals surface area (Å²) in [6.07, 6.45) is 4.95. The number of pyridine rings is 1. The van der Waals surface area contributed by atoms with Crippen LogP contribution in [0.4, 0.5) is 5.69 Å². The molecule has 2 unspecified atom stereocenters. The van der Waals surface area contributed by atoms with Crippen molar-refractivity contribution in [3.05, 3.63) is 36.7 Å². The van der Waals surface area contributed by atoms with Crippen molar-refractivity contribution in [2.75, 3.05) is 18.4 Å². The van der Waals surface area contributed by atoms with Crippen LogP contribution < -0.4 is 27.8 Å². The summed E-state index contributed by atoms with van der Waals surface area (Å²) in [6, 6.07) is 0.548. The third-order valence-corrected chi connectivity index (χ3v) is 3.27. The van der Waals surface area contributed by atoms with Crippen molar-refractivity contribution < 1.29 is 9.59 Å². The second-order valence-electron chi connectivity index (χ2n) is 5.21. The lowest BCUT2D eigenvalue weighted by Crippen LogP contribution is -2.47. The summed E-state index contributed by atoms with van der Waals surface area (Å²) >= 11 is 0. The van der Waals surface area contributed by atoms with Crippen LogP contribution in [0.2, 0.25) is 0 Å². The average molecular weight is 332 g/mol. The standard InChI is InChI=1S/C16H24N6O2/c1-3-10-5-12(8-20-14(10)4-2)22-15(23)9-21-16(24)13(19)6-11(18)7-17/h3-5,8,11,13H,1-2,6-7,9,17-19H2,(H,21,24)(H,22,23). The molecule has 24 heavy (non-hydrogen) atoms. The zero-order valence-corrected chi connectivity index (χ0v) is 13.5. The molecule has 0 saturated carbocycles. The Morgan fingerprint density at radius 3 is 2.58 bits per heavy atom. The molecule has 130 valence electrons. The summed E-state index contributed by atoms with van der Waals surface area (Å²) < 4.78 is 0. The number of anilines is 1. The van der Waals surface area contributed by atoms with Gasteiger partial charge >= 0.3 is 0 Å². The number of hydrogen-bond donors (Lipinski definition) is 5. The molecule has 2 amide bonds. The molecule has 0 aliphatic heterocycles. The maximum Gasteiger partial charge on any atom is 0.243 e. The number of carbonyl (C=O) groups is 2. The molecule has 1 aromatic rings. The van der Waals surface area contributed by atoms with Gasteiger partial charge in [-0.25, -0.2) is 0 Å². The van der Waals surface area contributed by atoms with Gasteiger partial charge in [0.05, 0.1) is 30.2 Å². The van der Waals surface area contributed by atoms with E-state index < -0.39 is 17.9 Å². The number of nitrogens with two attached hydrogens (primary N) is 3. The smallest absolute Gasteiger partial charge is 0.243 e. The van der Waals surface area contributed by atoms with E-state index in [1.54, 1.807) is 18.2 Å². The van der Waals surface area contributed by atoms with E-state index in [0.29, 0.717) is 11.4 Å². The van der Waals surface area contributed by atoms with E-state index in [4.69, 9.17) is 17.2 Å². The van der Waals surface area contributed by atoms with Crippen LogP contribution in [0.1, 0.15) is 17.7 Å². The van der Waals surface area contributed by atoms with E-state index in [1.165, 1.54) is 6.20 Å². The van der Waals surface area contributed by atoms with Crippen LogP contribution in [0, 0.1) is 0 Å². The molecule has 0 bridgehead atoms. The lowest BCUT2D eigenvalue weighted by atomic mass is 10.1. The fourth-order valence-corrected chi connectivity index (χ4v) is 1.93. The lowest BCUT2D eigenvalue weighted by Gasteiger charge is -2.15. The first-order valence-electron chi connectivity index (χ1n) is 7.45. The molecular weight excluding hydrogens is 308 g/mol. The highest BCUT2D eigenvalue weighted by Crippen LogP contribution is 2.15. The van der Waals surface area contributed by atoms with Gasteiger partial charge in [0.2, 0.25) is 11.8 Å². The second-order valence-corrected chi connectivity index (χ2v) is 5.21. The van der Waals surface area contributed by atoms with Crippen molar-refractivity contribution in [3.8, 4) is 0 Å². The van der Waals surface area contributed by atoms with Crippen molar-refractivity contribution in [1.29, 1.82) is 0 Å². The molecule has 0 fully saturated rings. The Kier molecular flexibility index (Phi) is 7.76. The van der Waals surface area contributed by atoms with Crippen LogP contribution in [-0.2, 0) is 9.59 Å². The quantitative estimate of drug-likeness (QED) is 0.408. The van der Waals surface area contributed by atoms with Crippen molar-refractivity contribution in [3.63, 3.8) is 0 Å². The molecule has 1 aromatic heterocycles. The van der Waals surface area contributed by atoms with Gasteiger partial charge in [-0.3, -0.25) is 14.6 Å². The van der Waals surface area contributed by atoms with Gasteiger partial charge in [0.25, 0.3) is 0 Å². The summed E-state index contributed by atoms with van der Waals surface area (Å²) in [7, 11) is 0. The molecule has 1 rings (SSSR count). The molecule has 8 heteroatoms. The molecular formula is C16H24N6O2. The van der Waals surface area contributed by atoms with E-state index >= 15 is 0 Å². The van der Waals surface area contributed by atoms with Gasteiger partial charge in [-0.15, -0.1) is 0 Å². The van der Waals surface area contributed by atoms with Gasteiger partial charge in [-0.05, 0) is 18.6 Å². The van der Waals surface area contributed by atoms with Gasteiger partial charge < -0.3 is 27.8 Å². The maximum absolute atomic E-state index is 11.9. The van der Waals surface area contributed by atoms with Gasteiger partial charge in [0.1, 0.15) is 0 Å². The minimum atomic E-state index is -0.808. The van der Waals surface area contributed by atoms with Crippen LogP contribution in [0.5, 0.6) is 0 Å². The number of rotatable bonds is 9. The summed E-state index contributed by atoms with van der Waals surface area (Å²) in [4.78, 5) is 27.8. The Balaban J connectivity index is 2.53. The summed E-state index contributed by atoms with van der Waals surface area (Å²) in [5.74, 6) is -0.859. The van der Waals surface area contributed by atoms with E-state index in [2.05, 4.69) is 28.8 Å². The maximum atomic E-state index is 11.9. The lowest BCUT2D eigenvalue weighted by molar-refractivity contribution is -0.125. The van der Waals surface area contributed by atoms with Crippen LogP contribution in [0.15, 0.2) is 25.4 Å². The summed E-state index contributed by atoms with van der Waals surface area (Å²) in [5.41, 5.74) is 18.6. The number of nitrogens with zero attached hydrogens (tertiary/aromatic N) is 1. The molecule has 2 atom stereocenters. The van der Waals surface area contributed by atoms with E-state index in [1.807, 2.05) is 0 Å². The fraction of sp³-hybridized carbons (Fsp3) is 0.312. The minimum absolute atomic E-state index is 0.211. The Labute approximate surface area is 141 Å². The fourth-order valence-electron chi connectivity index (χ4n) is 1.93. The van der Waals surface area contributed by atoms with Crippen LogP contribution in [0.3, 0.4) is 0 Å². The first-order chi connectivity index (χ1) is 11.4. The highest BCUT2D eigenvalue weighted by atomic mass is 16.2. The van der Waals surface area contributed by atoms with E-state index in [9.17, 15) is 9.59 Å². The van der Waals surface area contributed by atoms with Crippen molar-refractivity contribution in [2.45, 2.75) is 18.5 Å². The molecule has 8 N–H and O–H groups in total. The number of amides is 2. The average Bonchev–Trinajstić information content (AvgIpc) is 2.59. The van der Waals surface area contributed by atoms with Gasteiger partial charge in [0.15, 0.2) is 0 Å². The first-order valence-corrected chi connectivity index (χ1v) is 7.45. The van der Waals surface area contributed by atoms with Crippen LogP contribution in [-0.4, -0.2) is 42.0 Å². The predicted molar refractivity (Wildman–Crippen MR) is 95.7 cm³/mol. The van der Waals surface area contributed by atoms with Crippen molar-refractivity contribution in [2.24, 2.45) is 17.2 Å². The zero-order chi connectivity index (χ0) is 18.1. The highest BCUT2D eigenvalue weighted by molar-refractivity contribution is 5.95. The largest absolute Gasteiger partial charge is 0.346 e. The molecule has 1 heterocycles. The Bertz CT molecular complexity index is 617. The zero-order valence-electron chi connectivity index (χ0n) is 13.5. The normalized spacial score (nSPS) is 12.8. The predicted octanol–water partition coefficient (Wildman–Crippen LogP) is -0.574. The monoisotopic (exact) mass is 332 g/mol. The van der Waals surface area contributed by atoms with Gasteiger partial charge in [-0.2, -0.15) is 0 Å². The molecule has 8 nitrogen and oxygen atoms in total. The molecule has 0 aliphatic rings. The molecule has 0 aliphatic carbocycles. The molecule has 0 aromatic carbocycles. The van der Waals surface area contributed by atoms with E-state index in [-0.39, 0.29) is 25.6 Å². The SMILES string of the molecule is C=Cc1cc(NC(=O)CNC(=O)C(N)CC(N)CN)cnc1C=C. The summed E-state index contributed by atoms with van der Waals surface area (Å²) in [6.45, 7) is 7.35. The molecule has 0 radical (unpaired) electrons. The van der Waals surface area contributed by atoms with Crippen LogP contribution in [0.25, 0.3) is 12.2 Å². The number of hydrogen-bond acceptors (Lipinski definition) is 6. The third-order valence-electron chi connectivity index (χ3n) is 3.27. The molecule has 0 spiro atoms. The third kappa shape index (κ3) is 5.92.